The lowest BCUT2D eigenvalue weighted by atomic mass is 10.00. The number of pyridine rings is 1. The van der Waals surface area contributed by atoms with E-state index in [1.165, 1.54) is 4.88 Å². The Kier molecular flexibility index (Phi) is 3.45. The van der Waals surface area contributed by atoms with Crippen molar-refractivity contribution in [3.05, 3.63) is 58.4 Å². The van der Waals surface area contributed by atoms with E-state index in [4.69, 9.17) is 0 Å². The summed E-state index contributed by atoms with van der Waals surface area (Å²) in [4.78, 5) is 10.4. The zero-order valence-corrected chi connectivity index (χ0v) is 12.9. The number of nitrogens with one attached hydrogen (secondary N) is 2. The van der Waals surface area contributed by atoms with Gasteiger partial charge in [0.1, 0.15) is 11.6 Å². The van der Waals surface area contributed by atoms with Crippen LogP contribution in [-0.2, 0) is 0 Å². The Morgan fingerprint density at radius 3 is 3.00 bits per heavy atom. The third kappa shape index (κ3) is 2.33. The summed E-state index contributed by atoms with van der Waals surface area (Å²) < 4.78 is 1.86. The van der Waals surface area contributed by atoms with Crippen LogP contribution in [0.15, 0.2) is 41.9 Å². The number of aryl methyl sites for hydroxylation is 1. The SMILES string of the molecule is Cc1nc(C2CNNC2c2cccs2)n(-c2ccccn2)n1. The molecule has 4 heterocycles. The maximum Gasteiger partial charge on any atom is 0.155 e. The number of hydrogen-bond acceptors (Lipinski definition) is 6. The smallest absolute Gasteiger partial charge is 0.155 e. The van der Waals surface area contributed by atoms with Gasteiger partial charge in [-0.15, -0.1) is 16.4 Å². The van der Waals surface area contributed by atoms with Gasteiger partial charge in [-0.2, -0.15) is 4.68 Å². The molecule has 2 N–H and O–H groups in total. The highest BCUT2D eigenvalue weighted by Gasteiger charge is 2.34. The van der Waals surface area contributed by atoms with E-state index in [0.717, 1.165) is 24.0 Å². The van der Waals surface area contributed by atoms with Crippen molar-refractivity contribution >= 4 is 11.3 Å². The van der Waals surface area contributed by atoms with Crippen LogP contribution >= 0.6 is 11.3 Å². The van der Waals surface area contributed by atoms with Crippen molar-refractivity contribution in [3.63, 3.8) is 0 Å². The van der Waals surface area contributed by atoms with Crippen LogP contribution in [0.1, 0.15) is 28.5 Å². The zero-order chi connectivity index (χ0) is 14.9. The number of hydrazine groups is 1. The van der Waals surface area contributed by atoms with E-state index >= 15 is 0 Å². The summed E-state index contributed by atoms with van der Waals surface area (Å²) in [6.45, 7) is 2.73. The van der Waals surface area contributed by atoms with E-state index < -0.39 is 0 Å². The van der Waals surface area contributed by atoms with Gasteiger partial charge in [0.2, 0.25) is 0 Å². The minimum Gasteiger partial charge on any atom is -0.256 e. The van der Waals surface area contributed by atoms with Gasteiger partial charge >= 0.3 is 0 Å². The maximum atomic E-state index is 4.67. The molecule has 0 spiro atoms. The van der Waals surface area contributed by atoms with Crippen molar-refractivity contribution < 1.29 is 0 Å². The van der Waals surface area contributed by atoms with E-state index in [1.807, 2.05) is 29.8 Å². The number of aromatic nitrogens is 4. The third-order valence-corrected chi connectivity index (χ3v) is 4.72. The molecule has 2 unspecified atom stereocenters. The van der Waals surface area contributed by atoms with Crippen molar-refractivity contribution in [1.29, 1.82) is 0 Å². The summed E-state index contributed by atoms with van der Waals surface area (Å²) in [5.41, 5.74) is 6.61. The molecule has 0 radical (unpaired) electrons. The van der Waals surface area contributed by atoms with Gasteiger partial charge in [0.25, 0.3) is 0 Å². The average Bonchev–Trinajstić information content (AvgIpc) is 3.27. The molecule has 2 atom stereocenters. The Morgan fingerprint density at radius 2 is 2.23 bits per heavy atom. The molecule has 3 aromatic heterocycles. The van der Waals surface area contributed by atoms with Crippen LogP contribution < -0.4 is 10.9 Å². The van der Waals surface area contributed by atoms with E-state index in [0.29, 0.717) is 0 Å². The molecule has 1 aliphatic heterocycles. The molecule has 6 nitrogen and oxygen atoms in total. The van der Waals surface area contributed by atoms with Crippen LogP contribution in [0, 0.1) is 6.92 Å². The van der Waals surface area contributed by atoms with E-state index in [9.17, 15) is 0 Å². The molecule has 0 bridgehead atoms. The van der Waals surface area contributed by atoms with Crippen LogP contribution in [-0.4, -0.2) is 26.3 Å². The first-order valence-electron chi connectivity index (χ1n) is 7.19. The Bertz CT molecular complexity index is 752. The normalized spacial score (nSPS) is 21.3. The molecule has 22 heavy (non-hydrogen) atoms. The predicted octanol–water partition coefficient (Wildman–Crippen LogP) is 1.96. The zero-order valence-electron chi connectivity index (χ0n) is 12.1. The van der Waals surface area contributed by atoms with Gasteiger partial charge in [0.05, 0.1) is 12.0 Å². The first kappa shape index (κ1) is 13.6. The highest BCUT2D eigenvalue weighted by Crippen LogP contribution is 2.35. The first-order chi connectivity index (χ1) is 10.8. The van der Waals surface area contributed by atoms with Crippen molar-refractivity contribution in [2.75, 3.05) is 6.54 Å². The van der Waals surface area contributed by atoms with Crippen LogP contribution in [0.2, 0.25) is 0 Å². The molecule has 0 aromatic carbocycles. The molecule has 4 rings (SSSR count). The second-order valence-electron chi connectivity index (χ2n) is 5.24. The summed E-state index contributed by atoms with van der Waals surface area (Å²) >= 11 is 1.75. The summed E-state index contributed by atoms with van der Waals surface area (Å²) in [5, 5.41) is 6.63. The van der Waals surface area contributed by atoms with E-state index in [1.54, 1.807) is 17.5 Å². The van der Waals surface area contributed by atoms with E-state index in [2.05, 4.69) is 43.4 Å². The van der Waals surface area contributed by atoms with Crippen LogP contribution in [0.25, 0.3) is 5.82 Å². The van der Waals surface area contributed by atoms with E-state index in [-0.39, 0.29) is 12.0 Å². The Morgan fingerprint density at radius 1 is 1.27 bits per heavy atom. The summed E-state index contributed by atoms with van der Waals surface area (Å²) in [6.07, 6.45) is 1.78. The van der Waals surface area contributed by atoms with Crippen molar-refractivity contribution in [2.45, 2.75) is 18.9 Å². The molecule has 1 saturated heterocycles. The van der Waals surface area contributed by atoms with Gasteiger partial charge < -0.3 is 0 Å². The first-order valence-corrected chi connectivity index (χ1v) is 8.07. The monoisotopic (exact) mass is 312 g/mol. The van der Waals surface area contributed by atoms with Gasteiger partial charge in [-0.3, -0.25) is 5.43 Å². The molecule has 0 amide bonds. The molecule has 1 fully saturated rings. The number of rotatable bonds is 3. The third-order valence-electron chi connectivity index (χ3n) is 3.77. The minimum atomic E-state index is 0.200. The fourth-order valence-corrected chi connectivity index (χ4v) is 3.64. The standard InChI is InChI=1S/C15H16N6S/c1-10-18-15(21(20-10)13-6-2-3-7-16-13)11-9-17-19-14(11)12-5-4-8-22-12/h2-8,11,14,17,19H,9H2,1H3. The quantitative estimate of drug-likeness (QED) is 0.774. The van der Waals surface area contributed by atoms with Crippen LogP contribution in [0.5, 0.6) is 0 Å². The summed E-state index contributed by atoms with van der Waals surface area (Å²) in [7, 11) is 0. The molecule has 7 heteroatoms. The molecule has 112 valence electrons. The lowest BCUT2D eigenvalue weighted by Crippen LogP contribution is -2.24. The van der Waals surface area contributed by atoms with Crippen molar-refractivity contribution in [1.82, 2.24) is 30.6 Å². The average molecular weight is 312 g/mol. The largest absolute Gasteiger partial charge is 0.256 e. The van der Waals surface area contributed by atoms with Gasteiger partial charge in [0, 0.05) is 17.6 Å². The molecule has 3 aromatic rings. The second kappa shape index (κ2) is 5.60. The Balaban J connectivity index is 1.76. The van der Waals surface area contributed by atoms with Crippen LogP contribution in [0.4, 0.5) is 0 Å². The fourth-order valence-electron chi connectivity index (χ4n) is 2.79. The molecule has 0 saturated carbocycles. The summed E-state index contributed by atoms with van der Waals surface area (Å²) in [5.74, 6) is 2.71. The minimum absolute atomic E-state index is 0.200. The molecule has 0 aliphatic carbocycles. The van der Waals surface area contributed by atoms with Crippen molar-refractivity contribution in [3.8, 4) is 5.82 Å². The topological polar surface area (TPSA) is 67.7 Å². The Labute approximate surface area is 132 Å². The Hall–Kier alpha value is -2.09. The highest BCUT2D eigenvalue weighted by atomic mass is 32.1. The number of hydrogen-bond donors (Lipinski definition) is 2. The predicted molar refractivity (Wildman–Crippen MR) is 84.8 cm³/mol. The maximum absolute atomic E-state index is 4.67. The second-order valence-corrected chi connectivity index (χ2v) is 6.22. The number of thiophene rings is 1. The lowest BCUT2D eigenvalue weighted by molar-refractivity contribution is 0.540. The van der Waals surface area contributed by atoms with Gasteiger partial charge in [-0.05, 0) is 30.5 Å². The lowest BCUT2D eigenvalue weighted by Gasteiger charge is -2.16. The van der Waals surface area contributed by atoms with Gasteiger partial charge in [0.15, 0.2) is 5.82 Å². The fraction of sp³-hybridized carbons (Fsp3) is 0.267. The highest BCUT2D eigenvalue weighted by molar-refractivity contribution is 7.10. The van der Waals surface area contributed by atoms with Gasteiger partial charge in [-0.25, -0.2) is 15.4 Å². The van der Waals surface area contributed by atoms with Crippen molar-refractivity contribution in [2.24, 2.45) is 0 Å². The van der Waals surface area contributed by atoms with Crippen LogP contribution in [0.3, 0.4) is 0 Å². The molecular weight excluding hydrogens is 296 g/mol. The molecular formula is C15H16N6S. The molecule has 1 aliphatic rings. The number of nitrogens with zero attached hydrogens (tertiary/aromatic N) is 4. The summed E-state index contributed by atoms with van der Waals surface area (Å²) in [6, 6.07) is 10.2. The van der Waals surface area contributed by atoms with Gasteiger partial charge in [-0.1, -0.05) is 12.1 Å².